The second-order valence-corrected chi connectivity index (χ2v) is 6.31. The Hall–Kier alpha value is -1.32. The number of aromatic nitrogens is 2. The van der Waals surface area contributed by atoms with E-state index in [1.54, 1.807) is 4.68 Å². The molecule has 3 nitrogen and oxygen atoms in total. The molecule has 4 heteroatoms. The molecule has 1 N–H and O–H groups in total. The van der Waals surface area contributed by atoms with Gasteiger partial charge in [0.15, 0.2) is 0 Å². The van der Waals surface area contributed by atoms with Gasteiger partial charge in [-0.05, 0) is 37.3 Å². The second-order valence-electron chi connectivity index (χ2n) is 5.95. The van der Waals surface area contributed by atoms with Crippen LogP contribution < -0.4 is 0 Å². The Morgan fingerprint density at radius 1 is 1.43 bits per heavy atom. The topological polar surface area (TPSA) is 38.0 Å². The van der Waals surface area contributed by atoms with Crippen LogP contribution in [0.25, 0.3) is 0 Å². The molecule has 0 aliphatic heterocycles. The van der Waals surface area contributed by atoms with E-state index >= 15 is 0 Å². The van der Waals surface area contributed by atoms with Crippen LogP contribution in [0.4, 0.5) is 0 Å². The lowest BCUT2D eigenvalue weighted by Crippen LogP contribution is -2.25. The van der Waals surface area contributed by atoms with E-state index in [0.29, 0.717) is 11.6 Å². The van der Waals surface area contributed by atoms with Crippen LogP contribution in [0.1, 0.15) is 41.1 Å². The number of nitrogens with zero attached hydrogens (tertiary/aromatic N) is 2. The van der Waals surface area contributed by atoms with Crippen molar-refractivity contribution in [2.45, 2.75) is 44.6 Å². The van der Waals surface area contributed by atoms with Crippen molar-refractivity contribution < 1.29 is 5.11 Å². The normalized spacial score (nSPS) is 19.3. The number of benzene rings is 1. The van der Waals surface area contributed by atoms with Gasteiger partial charge >= 0.3 is 0 Å². The van der Waals surface area contributed by atoms with Gasteiger partial charge in [-0.25, -0.2) is 0 Å². The fraction of sp³-hybridized carbons (Fsp3) is 0.471. The van der Waals surface area contributed by atoms with Crippen LogP contribution in [0.3, 0.4) is 0 Å². The van der Waals surface area contributed by atoms with E-state index in [2.05, 4.69) is 29.4 Å². The third-order valence-corrected chi connectivity index (χ3v) is 5.04. The Morgan fingerprint density at radius 3 is 2.90 bits per heavy atom. The lowest BCUT2D eigenvalue weighted by molar-refractivity contribution is 0.134. The van der Waals surface area contributed by atoms with Crippen LogP contribution >= 0.6 is 11.6 Å². The van der Waals surface area contributed by atoms with E-state index in [0.717, 1.165) is 30.5 Å². The Labute approximate surface area is 130 Å². The average Bonchev–Trinajstić information content (AvgIpc) is 2.73. The molecule has 0 bridgehead atoms. The maximum Gasteiger partial charge on any atom is 0.130 e. The van der Waals surface area contributed by atoms with Gasteiger partial charge in [-0.2, -0.15) is 5.10 Å². The molecule has 1 heterocycles. The van der Waals surface area contributed by atoms with Crippen LogP contribution in [0.15, 0.2) is 24.3 Å². The minimum atomic E-state index is -0.410. The number of rotatable bonds is 3. The van der Waals surface area contributed by atoms with Crippen LogP contribution in [0, 0.1) is 6.92 Å². The highest BCUT2D eigenvalue weighted by atomic mass is 35.5. The molecule has 1 aromatic heterocycles. The highest BCUT2D eigenvalue weighted by Gasteiger charge is 2.28. The Morgan fingerprint density at radius 2 is 2.19 bits per heavy atom. The smallest absolute Gasteiger partial charge is 0.130 e. The lowest BCUT2D eigenvalue weighted by Gasteiger charge is -2.29. The minimum absolute atomic E-state index is 0.200. The van der Waals surface area contributed by atoms with Crippen molar-refractivity contribution in [2.75, 3.05) is 0 Å². The third-order valence-electron chi connectivity index (χ3n) is 4.56. The van der Waals surface area contributed by atoms with Crippen molar-refractivity contribution in [2.24, 2.45) is 7.05 Å². The van der Waals surface area contributed by atoms with Gasteiger partial charge in [-0.1, -0.05) is 35.9 Å². The van der Waals surface area contributed by atoms with Gasteiger partial charge in [0, 0.05) is 24.9 Å². The molecule has 0 saturated heterocycles. The van der Waals surface area contributed by atoms with Crippen molar-refractivity contribution in [3.05, 3.63) is 51.8 Å². The molecule has 2 aromatic rings. The zero-order valence-electron chi connectivity index (χ0n) is 12.5. The van der Waals surface area contributed by atoms with Gasteiger partial charge < -0.3 is 5.11 Å². The van der Waals surface area contributed by atoms with Crippen molar-refractivity contribution in [3.8, 4) is 0 Å². The number of hydrogen-bond donors (Lipinski definition) is 1. The summed E-state index contributed by atoms with van der Waals surface area (Å²) in [5.74, 6) is 0.200. The van der Waals surface area contributed by atoms with E-state index < -0.39 is 6.10 Å². The number of aryl methyl sites for hydroxylation is 3. The fourth-order valence-corrected chi connectivity index (χ4v) is 3.70. The zero-order valence-corrected chi connectivity index (χ0v) is 13.3. The van der Waals surface area contributed by atoms with Gasteiger partial charge in [0.05, 0.1) is 11.8 Å². The SMILES string of the molecule is Cc1nn(C)c(Cl)c1CC(O)C1CCCc2ccccc21. The van der Waals surface area contributed by atoms with Crippen molar-refractivity contribution >= 4 is 11.6 Å². The molecule has 1 aliphatic carbocycles. The monoisotopic (exact) mass is 304 g/mol. The fourth-order valence-electron chi connectivity index (χ4n) is 3.45. The molecule has 112 valence electrons. The van der Waals surface area contributed by atoms with Crippen LogP contribution in [0.2, 0.25) is 5.15 Å². The third kappa shape index (κ3) is 2.72. The highest BCUT2D eigenvalue weighted by molar-refractivity contribution is 6.30. The highest BCUT2D eigenvalue weighted by Crippen LogP contribution is 2.35. The molecule has 1 aromatic carbocycles. The van der Waals surface area contributed by atoms with Crippen molar-refractivity contribution in [1.82, 2.24) is 9.78 Å². The molecule has 0 amide bonds. The summed E-state index contributed by atoms with van der Waals surface area (Å²) in [4.78, 5) is 0. The predicted molar refractivity (Wildman–Crippen MR) is 84.8 cm³/mol. The first-order chi connectivity index (χ1) is 10.1. The average molecular weight is 305 g/mol. The standard InChI is InChI=1S/C17H21ClN2O/c1-11-15(17(18)20(2)19-11)10-16(21)14-9-5-7-12-6-3-4-8-13(12)14/h3-4,6,8,14,16,21H,5,7,9-10H2,1-2H3. The maximum absolute atomic E-state index is 10.7. The first kappa shape index (κ1) is 14.6. The largest absolute Gasteiger partial charge is 0.392 e. The van der Waals surface area contributed by atoms with Crippen LogP contribution in [-0.4, -0.2) is 21.0 Å². The van der Waals surface area contributed by atoms with Crippen LogP contribution in [-0.2, 0) is 19.9 Å². The van der Waals surface area contributed by atoms with Gasteiger partial charge in [0.2, 0.25) is 0 Å². The molecule has 2 atom stereocenters. The van der Waals surface area contributed by atoms with E-state index in [1.807, 2.05) is 14.0 Å². The Balaban J connectivity index is 1.85. The number of aliphatic hydroxyl groups is 1. The Kier molecular flexibility index (Phi) is 4.05. The van der Waals surface area contributed by atoms with Gasteiger partial charge in [0.1, 0.15) is 5.15 Å². The van der Waals surface area contributed by atoms with Gasteiger partial charge in [0.25, 0.3) is 0 Å². The van der Waals surface area contributed by atoms with Crippen molar-refractivity contribution in [1.29, 1.82) is 0 Å². The van der Waals surface area contributed by atoms with Crippen molar-refractivity contribution in [3.63, 3.8) is 0 Å². The molecular formula is C17H21ClN2O. The summed E-state index contributed by atoms with van der Waals surface area (Å²) in [6.45, 7) is 1.95. The number of halogens is 1. The summed E-state index contributed by atoms with van der Waals surface area (Å²) in [7, 11) is 1.83. The number of hydrogen-bond acceptors (Lipinski definition) is 2. The van der Waals surface area contributed by atoms with E-state index in [1.165, 1.54) is 11.1 Å². The summed E-state index contributed by atoms with van der Waals surface area (Å²) in [6, 6.07) is 8.47. The predicted octanol–water partition coefficient (Wildman–Crippen LogP) is 3.41. The molecule has 0 fully saturated rings. The van der Waals surface area contributed by atoms with Gasteiger partial charge in [-0.3, -0.25) is 4.68 Å². The van der Waals surface area contributed by atoms with E-state index in [-0.39, 0.29) is 5.92 Å². The zero-order chi connectivity index (χ0) is 15.0. The summed E-state index contributed by atoms with van der Waals surface area (Å²) in [6.07, 6.45) is 3.45. The summed E-state index contributed by atoms with van der Waals surface area (Å²) in [5.41, 5.74) is 4.55. The Bertz CT molecular complexity index is 650. The first-order valence-electron chi connectivity index (χ1n) is 7.51. The lowest BCUT2D eigenvalue weighted by atomic mass is 9.78. The molecule has 0 spiro atoms. The second kappa shape index (κ2) is 5.82. The molecular weight excluding hydrogens is 284 g/mol. The first-order valence-corrected chi connectivity index (χ1v) is 7.89. The molecule has 21 heavy (non-hydrogen) atoms. The van der Waals surface area contributed by atoms with E-state index in [9.17, 15) is 5.11 Å². The molecule has 1 aliphatic rings. The van der Waals surface area contributed by atoms with Crippen LogP contribution in [0.5, 0.6) is 0 Å². The minimum Gasteiger partial charge on any atom is -0.392 e. The molecule has 2 unspecified atom stereocenters. The molecule has 3 rings (SSSR count). The quantitative estimate of drug-likeness (QED) is 0.943. The summed E-state index contributed by atoms with van der Waals surface area (Å²) in [5, 5.41) is 15.7. The molecule has 0 saturated carbocycles. The maximum atomic E-state index is 10.7. The molecule has 0 radical (unpaired) electrons. The summed E-state index contributed by atoms with van der Waals surface area (Å²) < 4.78 is 1.67. The van der Waals surface area contributed by atoms with E-state index in [4.69, 9.17) is 11.6 Å². The summed E-state index contributed by atoms with van der Waals surface area (Å²) >= 11 is 6.29. The van der Waals surface area contributed by atoms with Gasteiger partial charge in [-0.15, -0.1) is 0 Å². The number of aliphatic hydroxyl groups excluding tert-OH is 1. The number of fused-ring (bicyclic) bond motifs is 1.